The highest BCUT2D eigenvalue weighted by molar-refractivity contribution is 5.66. The van der Waals surface area contributed by atoms with E-state index in [9.17, 15) is 0 Å². The summed E-state index contributed by atoms with van der Waals surface area (Å²) in [7, 11) is 0. The van der Waals surface area contributed by atoms with Crippen molar-refractivity contribution in [3.63, 3.8) is 0 Å². The van der Waals surface area contributed by atoms with Crippen LogP contribution in [0.3, 0.4) is 0 Å². The molecule has 2 nitrogen and oxygen atoms in total. The van der Waals surface area contributed by atoms with Gasteiger partial charge in [-0.1, -0.05) is 54.6 Å². The smallest absolute Gasteiger partial charge is 0.120 e. The molecule has 0 unspecified atom stereocenters. The van der Waals surface area contributed by atoms with E-state index in [-0.39, 0.29) is 0 Å². The summed E-state index contributed by atoms with van der Waals surface area (Å²) in [6, 6.07) is 27.8. The zero-order chi connectivity index (χ0) is 15.2. The summed E-state index contributed by atoms with van der Waals surface area (Å²) in [5.74, 6) is 0.823. The predicted octanol–water partition coefficient (Wildman–Crippen LogP) is 4.80. The lowest BCUT2D eigenvalue weighted by Gasteiger charge is -2.08. The van der Waals surface area contributed by atoms with E-state index in [1.807, 2.05) is 72.8 Å². The van der Waals surface area contributed by atoms with Crippen molar-refractivity contribution in [1.29, 1.82) is 5.26 Å². The van der Waals surface area contributed by atoms with Gasteiger partial charge < -0.3 is 4.74 Å². The van der Waals surface area contributed by atoms with E-state index in [0.717, 1.165) is 22.4 Å². The van der Waals surface area contributed by atoms with Crippen LogP contribution < -0.4 is 4.74 Å². The molecule has 22 heavy (non-hydrogen) atoms. The fraction of sp³-hybridized carbons (Fsp3) is 0.0500. The minimum Gasteiger partial charge on any atom is -0.489 e. The molecule has 0 aliphatic rings. The first-order valence-electron chi connectivity index (χ1n) is 7.12. The summed E-state index contributed by atoms with van der Waals surface area (Å²) in [6.07, 6.45) is 0. The van der Waals surface area contributed by atoms with E-state index in [4.69, 9.17) is 10.00 Å². The molecule has 0 N–H and O–H groups in total. The molecule has 0 fully saturated rings. The maximum Gasteiger partial charge on any atom is 0.120 e. The fourth-order valence-electron chi connectivity index (χ4n) is 2.27. The predicted molar refractivity (Wildman–Crippen MR) is 87.4 cm³/mol. The average Bonchev–Trinajstić information content (AvgIpc) is 2.61. The molecule has 3 aromatic rings. The Balaban J connectivity index is 1.79. The third-order valence-corrected chi connectivity index (χ3v) is 3.41. The molecule has 2 heteroatoms. The van der Waals surface area contributed by atoms with Crippen LogP contribution in [-0.2, 0) is 6.61 Å². The molecule has 0 saturated carbocycles. The molecule has 0 saturated heterocycles. The van der Waals surface area contributed by atoms with Crippen molar-refractivity contribution in [2.45, 2.75) is 6.61 Å². The zero-order valence-electron chi connectivity index (χ0n) is 12.1. The number of nitrogens with zero attached hydrogens (tertiary/aromatic N) is 1. The Bertz CT molecular complexity index is 803. The van der Waals surface area contributed by atoms with Crippen LogP contribution in [0, 0.1) is 11.3 Å². The number of ether oxygens (including phenoxy) is 1. The monoisotopic (exact) mass is 285 g/mol. The summed E-state index contributed by atoms with van der Waals surface area (Å²) in [5.41, 5.74) is 3.86. The number of benzene rings is 3. The first kappa shape index (κ1) is 13.9. The molecule has 0 amide bonds. The SMILES string of the molecule is N#Cc1cccc(-c2cccc(OCc3ccccc3)c2)c1. The van der Waals surface area contributed by atoms with Crippen LogP contribution in [0.1, 0.15) is 11.1 Å². The third kappa shape index (κ3) is 3.34. The van der Waals surface area contributed by atoms with Gasteiger partial charge in [-0.15, -0.1) is 0 Å². The van der Waals surface area contributed by atoms with Crippen molar-refractivity contribution in [2.24, 2.45) is 0 Å². The highest BCUT2D eigenvalue weighted by Crippen LogP contribution is 2.25. The number of nitriles is 1. The Morgan fingerprint density at radius 1 is 0.773 bits per heavy atom. The van der Waals surface area contributed by atoms with E-state index in [1.54, 1.807) is 6.07 Å². The highest BCUT2D eigenvalue weighted by Gasteiger charge is 2.02. The van der Waals surface area contributed by atoms with Crippen LogP contribution >= 0.6 is 0 Å². The van der Waals surface area contributed by atoms with Gasteiger partial charge in [0.1, 0.15) is 12.4 Å². The quantitative estimate of drug-likeness (QED) is 0.689. The van der Waals surface area contributed by atoms with E-state index < -0.39 is 0 Å². The van der Waals surface area contributed by atoms with Gasteiger partial charge in [0.2, 0.25) is 0 Å². The van der Waals surface area contributed by atoms with E-state index in [1.165, 1.54) is 0 Å². The van der Waals surface area contributed by atoms with Crippen molar-refractivity contribution in [3.05, 3.63) is 90.0 Å². The van der Waals surface area contributed by atoms with Crippen LogP contribution in [-0.4, -0.2) is 0 Å². The van der Waals surface area contributed by atoms with Crippen LogP contribution in [0.25, 0.3) is 11.1 Å². The van der Waals surface area contributed by atoms with Gasteiger partial charge in [-0.05, 0) is 41.0 Å². The lowest BCUT2D eigenvalue weighted by Crippen LogP contribution is -1.95. The minimum atomic E-state index is 0.544. The van der Waals surface area contributed by atoms with Crippen molar-refractivity contribution >= 4 is 0 Å². The first-order chi connectivity index (χ1) is 10.8. The standard InChI is InChI=1S/C20H15NO/c21-14-17-8-4-9-18(12-17)19-10-5-11-20(13-19)22-15-16-6-2-1-3-7-16/h1-13H,15H2. The second kappa shape index (κ2) is 6.60. The lowest BCUT2D eigenvalue weighted by molar-refractivity contribution is 0.306. The minimum absolute atomic E-state index is 0.544. The van der Waals surface area contributed by atoms with Gasteiger partial charge in [0.15, 0.2) is 0 Å². The van der Waals surface area contributed by atoms with Crippen molar-refractivity contribution < 1.29 is 4.74 Å². The highest BCUT2D eigenvalue weighted by atomic mass is 16.5. The summed E-state index contributed by atoms with van der Waals surface area (Å²) in [5, 5.41) is 9.00. The largest absolute Gasteiger partial charge is 0.489 e. The summed E-state index contributed by atoms with van der Waals surface area (Å²) in [6.45, 7) is 0.544. The molecule has 0 bridgehead atoms. The van der Waals surface area contributed by atoms with Gasteiger partial charge in [-0.2, -0.15) is 5.26 Å². The molecule has 0 atom stereocenters. The molecule has 3 rings (SSSR count). The molecule has 0 heterocycles. The second-order valence-electron chi connectivity index (χ2n) is 4.99. The Morgan fingerprint density at radius 2 is 1.50 bits per heavy atom. The van der Waals surface area contributed by atoms with Gasteiger partial charge >= 0.3 is 0 Å². The van der Waals surface area contributed by atoms with Gasteiger partial charge in [0.25, 0.3) is 0 Å². The second-order valence-corrected chi connectivity index (χ2v) is 4.99. The normalized spacial score (nSPS) is 9.95. The van der Waals surface area contributed by atoms with Crippen molar-refractivity contribution in [1.82, 2.24) is 0 Å². The van der Waals surface area contributed by atoms with Gasteiger partial charge in [0.05, 0.1) is 11.6 Å². The Hall–Kier alpha value is -3.05. The maximum atomic E-state index is 9.00. The number of hydrogen-bond acceptors (Lipinski definition) is 2. The summed E-state index contributed by atoms with van der Waals surface area (Å²) < 4.78 is 5.85. The first-order valence-corrected chi connectivity index (χ1v) is 7.12. The molecule has 0 aromatic heterocycles. The Morgan fingerprint density at radius 3 is 2.27 bits per heavy atom. The molecule has 0 aliphatic carbocycles. The van der Waals surface area contributed by atoms with Crippen LogP contribution in [0.2, 0.25) is 0 Å². The molecule has 3 aromatic carbocycles. The topological polar surface area (TPSA) is 33.0 Å². The van der Waals surface area contributed by atoms with E-state index in [0.29, 0.717) is 12.2 Å². The summed E-state index contributed by atoms with van der Waals surface area (Å²) >= 11 is 0. The average molecular weight is 285 g/mol. The van der Waals surface area contributed by atoms with Crippen molar-refractivity contribution in [3.8, 4) is 22.9 Å². The molecule has 106 valence electrons. The maximum absolute atomic E-state index is 9.00. The fourth-order valence-corrected chi connectivity index (χ4v) is 2.27. The third-order valence-electron chi connectivity index (χ3n) is 3.41. The van der Waals surface area contributed by atoms with Crippen molar-refractivity contribution in [2.75, 3.05) is 0 Å². The molecule has 0 spiro atoms. The van der Waals surface area contributed by atoms with Gasteiger partial charge in [-0.3, -0.25) is 0 Å². The van der Waals surface area contributed by atoms with Gasteiger partial charge in [-0.25, -0.2) is 0 Å². The van der Waals surface area contributed by atoms with Crippen LogP contribution in [0.4, 0.5) is 0 Å². The van der Waals surface area contributed by atoms with Crippen LogP contribution in [0.15, 0.2) is 78.9 Å². The Labute approximate surface area is 130 Å². The molecular weight excluding hydrogens is 270 g/mol. The van der Waals surface area contributed by atoms with Crippen LogP contribution in [0.5, 0.6) is 5.75 Å². The van der Waals surface area contributed by atoms with Gasteiger partial charge in [0, 0.05) is 0 Å². The number of rotatable bonds is 4. The molecule has 0 radical (unpaired) electrons. The van der Waals surface area contributed by atoms with E-state index >= 15 is 0 Å². The number of hydrogen-bond donors (Lipinski definition) is 0. The molecular formula is C20H15NO. The van der Waals surface area contributed by atoms with E-state index in [2.05, 4.69) is 6.07 Å². The summed E-state index contributed by atoms with van der Waals surface area (Å²) in [4.78, 5) is 0. The molecule has 0 aliphatic heterocycles. The zero-order valence-corrected chi connectivity index (χ0v) is 12.1. The lowest BCUT2D eigenvalue weighted by atomic mass is 10.0. The Kier molecular flexibility index (Phi) is 4.17.